The predicted molar refractivity (Wildman–Crippen MR) is 89.7 cm³/mol. The summed E-state index contributed by atoms with van der Waals surface area (Å²) in [5.74, 6) is 1.26. The monoisotopic (exact) mass is 319 g/mol. The zero-order chi connectivity index (χ0) is 16.8. The molecule has 1 aliphatic heterocycles. The molecule has 1 atom stereocenters. The smallest absolute Gasteiger partial charge is 0.315 e. The summed E-state index contributed by atoms with van der Waals surface area (Å²) in [5.41, 5.74) is 0.791. The van der Waals surface area contributed by atoms with E-state index >= 15 is 0 Å². The van der Waals surface area contributed by atoms with E-state index in [2.05, 4.69) is 24.5 Å². The van der Waals surface area contributed by atoms with Gasteiger partial charge in [-0.05, 0) is 24.5 Å². The van der Waals surface area contributed by atoms with Crippen LogP contribution in [0.5, 0.6) is 5.75 Å². The zero-order valence-corrected chi connectivity index (χ0v) is 14.0. The predicted octanol–water partition coefficient (Wildman–Crippen LogP) is 2.15. The van der Waals surface area contributed by atoms with E-state index in [1.165, 1.54) is 0 Å². The number of hydrogen-bond acceptors (Lipinski definition) is 3. The molecule has 1 aromatic carbocycles. The van der Waals surface area contributed by atoms with Crippen LogP contribution in [-0.4, -0.2) is 38.2 Å². The van der Waals surface area contributed by atoms with Crippen LogP contribution < -0.4 is 20.3 Å². The lowest BCUT2D eigenvalue weighted by atomic mass is 10.1. The van der Waals surface area contributed by atoms with Crippen LogP contribution in [0.15, 0.2) is 24.3 Å². The minimum Gasteiger partial charge on any atom is -0.497 e. The third-order valence-electron chi connectivity index (χ3n) is 3.83. The van der Waals surface area contributed by atoms with Crippen LogP contribution in [-0.2, 0) is 4.79 Å². The van der Waals surface area contributed by atoms with Crippen LogP contribution in [0.3, 0.4) is 0 Å². The lowest BCUT2D eigenvalue weighted by Gasteiger charge is -2.18. The Balaban J connectivity index is 1.88. The average molecular weight is 319 g/mol. The summed E-state index contributed by atoms with van der Waals surface area (Å²) in [6, 6.07) is 6.99. The second-order valence-corrected chi connectivity index (χ2v) is 6.19. The highest BCUT2D eigenvalue weighted by Gasteiger charge is 2.31. The molecule has 23 heavy (non-hydrogen) atoms. The highest BCUT2D eigenvalue weighted by atomic mass is 16.5. The molecule has 3 amide bonds. The number of amides is 3. The molecule has 2 rings (SSSR count). The number of carbonyl (C=O) groups is 2. The van der Waals surface area contributed by atoms with Crippen molar-refractivity contribution in [1.82, 2.24) is 10.6 Å². The van der Waals surface area contributed by atoms with Gasteiger partial charge in [0.2, 0.25) is 5.91 Å². The van der Waals surface area contributed by atoms with Gasteiger partial charge in [0.1, 0.15) is 5.75 Å². The number of hydrogen-bond donors (Lipinski definition) is 2. The Morgan fingerprint density at radius 3 is 2.91 bits per heavy atom. The molecule has 0 unspecified atom stereocenters. The van der Waals surface area contributed by atoms with Crippen LogP contribution >= 0.6 is 0 Å². The largest absolute Gasteiger partial charge is 0.497 e. The molecule has 1 fully saturated rings. The molecule has 6 nitrogen and oxygen atoms in total. The van der Waals surface area contributed by atoms with E-state index in [1.807, 2.05) is 24.3 Å². The molecule has 0 spiro atoms. The second kappa shape index (κ2) is 7.85. The summed E-state index contributed by atoms with van der Waals surface area (Å²) >= 11 is 0. The number of nitrogens with one attached hydrogen (secondary N) is 2. The Hall–Kier alpha value is -2.24. The summed E-state index contributed by atoms with van der Waals surface area (Å²) < 4.78 is 5.19. The molecule has 0 aromatic heterocycles. The van der Waals surface area contributed by atoms with Gasteiger partial charge in [-0.2, -0.15) is 0 Å². The first-order chi connectivity index (χ1) is 11.0. The second-order valence-electron chi connectivity index (χ2n) is 6.19. The van der Waals surface area contributed by atoms with Gasteiger partial charge in [0.25, 0.3) is 0 Å². The van der Waals surface area contributed by atoms with Crippen LogP contribution in [0.2, 0.25) is 0 Å². The Bertz CT molecular complexity index is 560. The van der Waals surface area contributed by atoms with Gasteiger partial charge in [-0.25, -0.2) is 4.79 Å². The maximum atomic E-state index is 12.2. The van der Waals surface area contributed by atoms with E-state index < -0.39 is 0 Å². The van der Waals surface area contributed by atoms with Crippen LogP contribution in [0.4, 0.5) is 10.5 Å². The SMILES string of the molecule is COc1cccc(N2C[C@H](NC(=O)NCCC(C)C)CC2=O)c1. The highest BCUT2D eigenvalue weighted by Crippen LogP contribution is 2.25. The standard InChI is InChI=1S/C17H25N3O3/c1-12(2)7-8-18-17(22)19-13-9-16(21)20(11-13)14-5-4-6-15(10-14)23-3/h4-6,10,12-13H,7-9,11H2,1-3H3,(H2,18,19,22)/t13-/m1/s1. The van der Waals surface area contributed by atoms with Gasteiger partial charge in [0, 0.05) is 31.3 Å². The van der Waals surface area contributed by atoms with Crippen LogP contribution in [0.1, 0.15) is 26.7 Å². The maximum absolute atomic E-state index is 12.2. The summed E-state index contributed by atoms with van der Waals surface area (Å²) in [6.45, 7) is 5.34. The fourth-order valence-corrected chi connectivity index (χ4v) is 2.54. The lowest BCUT2D eigenvalue weighted by molar-refractivity contribution is -0.117. The van der Waals surface area contributed by atoms with Gasteiger partial charge >= 0.3 is 6.03 Å². The van der Waals surface area contributed by atoms with E-state index in [4.69, 9.17) is 4.74 Å². The lowest BCUT2D eigenvalue weighted by Crippen LogP contribution is -2.43. The van der Waals surface area contributed by atoms with Crippen molar-refractivity contribution in [2.45, 2.75) is 32.7 Å². The quantitative estimate of drug-likeness (QED) is 0.844. The minimum absolute atomic E-state index is 0.00531. The van der Waals surface area contributed by atoms with Gasteiger partial charge in [-0.1, -0.05) is 19.9 Å². The average Bonchev–Trinajstić information content (AvgIpc) is 2.87. The van der Waals surface area contributed by atoms with Crippen molar-refractivity contribution >= 4 is 17.6 Å². The Labute approximate surface area is 137 Å². The van der Waals surface area contributed by atoms with Gasteiger partial charge in [-0.15, -0.1) is 0 Å². The number of anilines is 1. The number of nitrogens with zero attached hydrogens (tertiary/aromatic N) is 1. The van der Waals surface area contributed by atoms with Crippen molar-refractivity contribution in [3.63, 3.8) is 0 Å². The molecular weight excluding hydrogens is 294 g/mol. The number of urea groups is 1. The highest BCUT2D eigenvalue weighted by molar-refractivity contribution is 5.97. The molecular formula is C17H25N3O3. The van der Waals surface area contributed by atoms with Gasteiger partial charge < -0.3 is 20.3 Å². The molecule has 1 aromatic rings. The molecule has 1 saturated heterocycles. The van der Waals surface area contributed by atoms with E-state index in [1.54, 1.807) is 12.0 Å². The molecule has 1 heterocycles. The summed E-state index contributed by atoms with van der Waals surface area (Å²) in [5, 5.41) is 5.70. The first-order valence-corrected chi connectivity index (χ1v) is 7.98. The molecule has 0 aliphatic carbocycles. The first-order valence-electron chi connectivity index (χ1n) is 7.98. The Morgan fingerprint density at radius 2 is 2.22 bits per heavy atom. The first kappa shape index (κ1) is 17.1. The van der Waals surface area contributed by atoms with Crippen LogP contribution in [0, 0.1) is 5.92 Å². The van der Waals surface area contributed by atoms with Crippen molar-refractivity contribution in [1.29, 1.82) is 0 Å². The van der Waals surface area contributed by atoms with E-state index in [-0.39, 0.29) is 18.0 Å². The maximum Gasteiger partial charge on any atom is 0.315 e. The fourth-order valence-electron chi connectivity index (χ4n) is 2.54. The molecule has 0 bridgehead atoms. The Morgan fingerprint density at radius 1 is 1.43 bits per heavy atom. The topological polar surface area (TPSA) is 70.7 Å². The fraction of sp³-hybridized carbons (Fsp3) is 0.529. The third kappa shape index (κ3) is 4.87. The normalized spacial score (nSPS) is 17.5. The number of rotatable bonds is 6. The number of methoxy groups -OCH3 is 1. The van der Waals surface area contributed by atoms with Crippen molar-refractivity contribution in [2.75, 3.05) is 25.1 Å². The van der Waals surface area contributed by atoms with Gasteiger partial charge in [-0.3, -0.25) is 4.79 Å². The van der Waals surface area contributed by atoms with E-state index in [0.717, 1.165) is 12.1 Å². The summed E-state index contributed by atoms with van der Waals surface area (Å²) in [6.07, 6.45) is 1.25. The van der Waals surface area contributed by atoms with Crippen molar-refractivity contribution in [3.05, 3.63) is 24.3 Å². The van der Waals surface area contributed by atoms with Crippen molar-refractivity contribution in [2.24, 2.45) is 5.92 Å². The van der Waals surface area contributed by atoms with E-state index in [0.29, 0.717) is 31.2 Å². The molecule has 126 valence electrons. The van der Waals surface area contributed by atoms with Crippen molar-refractivity contribution in [3.8, 4) is 5.75 Å². The van der Waals surface area contributed by atoms with Gasteiger partial charge in [0.15, 0.2) is 0 Å². The summed E-state index contributed by atoms with van der Waals surface area (Å²) in [7, 11) is 1.59. The third-order valence-corrected chi connectivity index (χ3v) is 3.83. The van der Waals surface area contributed by atoms with E-state index in [9.17, 15) is 9.59 Å². The summed E-state index contributed by atoms with van der Waals surface area (Å²) in [4.78, 5) is 25.7. The molecule has 0 saturated carbocycles. The molecule has 2 N–H and O–H groups in total. The molecule has 6 heteroatoms. The molecule has 1 aliphatic rings. The van der Waals surface area contributed by atoms with Crippen molar-refractivity contribution < 1.29 is 14.3 Å². The minimum atomic E-state index is -0.212. The number of carbonyl (C=O) groups excluding carboxylic acids is 2. The number of ether oxygens (including phenoxy) is 1. The van der Waals surface area contributed by atoms with Crippen LogP contribution in [0.25, 0.3) is 0 Å². The number of benzene rings is 1. The zero-order valence-electron chi connectivity index (χ0n) is 14.0. The Kier molecular flexibility index (Phi) is 5.84. The molecule has 0 radical (unpaired) electrons. The van der Waals surface area contributed by atoms with Gasteiger partial charge in [0.05, 0.1) is 13.2 Å².